The van der Waals surface area contributed by atoms with Crippen molar-refractivity contribution in [3.05, 3.63) is 71.2 Å². The lowest BCUT2D eigenvalue weighted by Gasteiger charge is -2.21. The number of rotatable bonds is 4. The summed E-state index contributed by atoms with van der Waals surface area (Å²) in [5.41, 5.74) is 5.13. The molecule has 4 heteroatoms. The van der Waals surface area contributed by atoms with Gasteiger partial charge >= 0.3 is 5.97 Å². The monoisotopic (exact) mass is 348 g/mol. The SMILES string of the molecule is COC(=O)c1ccc2nc(C3CCCCC3)c(Cc3ccccc3)n2c1. The largest absolute Gasteiger partial charge is 0.465 e. The number of fused-ring (bicyclic) bond motifs is 1. The van der Waals surface area contributed by atoms with Gasteiger partial charge in [0.05, 0.1) is 24.1 Å². The van der Waals surface area contributed by atoms with Crippen molar-refractivity contribution < 1.29 is 9.53 Å². The van der Waals surface area contributed by atoms with E-state index in [1.165, 1.54) is 56.2 Å². The van der Waals surface area contributed by atoms with Crippen molar-refractivity contribution in [1.29, 1.82) is 0 Å². The molecule has 4 nitrogen and oxygen atoms in total. The third kappa shape index (κ3) is 3.24. The van der Waals surface area contributed by atoms with Crippen molar-refractivity contribution in [3.8, 4) is 0 Å². The molecule has 0 unspecified atom stereocenters. The maximum absolute atomic E-state index is 12.0. The summed E-state index contributed by atoms with van der Waals surface area (Å²) in [5, 5.41) is 0. The molecule has 1 fully saturated rings. The van der Waals surface area contributed by atoms with E-state index in [0.29, 0.717) is 11.5 Å². The molecule has 0 aliphatic heterocycles. The molecular formula is C22H24N2O2. The van der Waals surface area contributed by atoms with Crippen molar-refractivity contribution in [3.63, 3.8) is 0 Å². The Hall–Kier alpha value is -2.62. The van der Waals surface area contributed by atoms with Crippen LogP contribution in [0, 0.1) is 0 Å². The third-order valence-electron chi connectivity index (χ3n) is 5.38. The highest BCUT2D eigenvalue weighted by Crippen LogP contribution is 2.35. The molecule has 0 bridgehead atoms. The van der Waals surface area contributed by atoms with Crippen LogP contribution in [0.3, 0.4) is 0 Å². The van der Waals surface area contributed by atoms with Crippen LogP contribution in [-0.2, 0) is 11.2 Å². The standard InChI is InChI=1S/C22H24N2O2/c1-26-22(25)18-12-13-20-23-21(17-10-6-3-7-11-17)19(24(20)15-18)14-16-8-4-2-5-9-16/h2,4-5,8-9,12-13,15,17H,3,6-7,10-11,14H2,1H3. The van der Waals surface area contributed by atoms with Crippen LogP contribution in [-0.4, -0.2) is 22.5 Å². The summed E-state index contributed by atoms with van der Waals surface area (Å²) in [6.45, 7) is 0. The van der Waals surface area contributed by atoms with Gasteiger partial charge in [0.25, 0.3) is 0 Å². The zero-order valence-corrected chi connectivity index (χ0v) is 15.1. The van der Waals surface area contributed by atoms with E-state index in [0.717, 1.165) is 12.1 Å². The number of hydrogen-bond donors (Lipinski definition) is 0. The summed E-state index contributed by atoms with van der Waals surface area (Å²) in [6, 6.07) is 14.2. The Morgan fingerprint density at radius 2 is 1.88 bits per heavy atom. The van der Waals surface area contributed by atoms with Crippen LogP contribution < -0.4 is 0 Å². The normalized spacial score (nSPS) is 15.3. The number of hydrogen-bond acceptors (Lipinski definition) is 3. The number of pyridine rings is 1. The van der Waals surface area contributed by atoms with Crippen molar-refractivity contribution in [1.82, 2.24) is 9.38 Å². The minimum absolute atomic E-state index is 0.314. The minimum atomic E-state index is -0.314. The summed E-state index contributed by atoms with van der Waals surface area (Å²) >= 11 is 0. The molecular weight excluding hydrogens is 324 g/mol. The number of methoxy groups -OCH3 is 1. The van der Waals surface area contributed by atoms with Gasteiger partial charge in [-0.3, -0.25) is 0 Å². The zero-order valence-electron chi connectivity index (χ0n) is 15.1. The van der Waals surface area contributed by atoms with Crippen molar-refractivity contribution in [2.75, 3.05) is 7.11 Å². The average molecular weight is 348 g/mol. The van der Waals surface area contributed by atoms with E-state index >= 15 is 0 Å². The fourth-order valence-corrected chi connectivity index (χ4v) is 4.02. The van der Waals surface area contributed by atoms with Gasteiger partial charge in [-0.2, -0.15) is 0 Å². The molecule has 1 aromatic carbocycles. The molecule has 1 saturated carbocycles. The lowest BCUT2D eigenvalue weighted by molar-refractivity contribution is 0.0600. The predicted octanol–water partition coefficient (Wildman–Crippen LogP) is 4.76. The van der Waals surface area contributed by atoms with Crippen LogP contribution in [0.4, 0.5) is 0 Å². The molecule has 26 heavy (non-hydrogen) atoms. The Kier molecular flexibility index (Phi) is 4.74. The fraction of sp³-hybridized carbons (Fsp3) is 0.364. The number of benzene rings is 1. The summed E-state index contributed by atoms with van der Waals surface area (Å²) in [7, 11) is 1.42. The summed E-state index contributed by atoms with van der Waals surface area (Å²) in [5.74, 6) is 0.203. The van der Waals surface area contributed by atoms with Gasteiger partial charge in [-0.05, 0) is 30.5 Å². The van der Waals surface area contributed by atoms with Gasteiger partial charge in [-0.15, -0.1) is 0 Å². The molecule has 2 heterocycles. The zero-order chi connectivity index (χ0) is 17.9. The molecule has 1 aliphatic rings. The topological polar surface area (TPSA) is 43.6 Å². The Morgan fingerprint density at radius 3 is 2.62 bits per heavy atom. The van der Waals surface area contributed by atoms with E-state index in [9.17, 15) is 4.79 Å². The smallest absolute Gasteiger partial charge is 0.339 e. The van der Waals surface area contributed by atoms with E-state index in [1.54, 1.807) is 6.07 Å². The second-order valence-corrected chi connectivity index (χ2v) is 7.08. The Labute approximate surface area is 153 Å². The number of imidazole rings is 1. The first-order valence-corrected chi connectivity index (χ1v) is 9.39. The lowest BCUT2D eigenvalue weighted by atomic mass is 9.85. The van der Waals surface area contributed by atoms with Gasteiger partial charge in [0.1, 0.15) is 5.65 Å². The van der Waals surface area contributed by atoms with Gasteiger partial charge in [-0.1, -0.05) is 49.6 Å². The Balaban J connectivity index is 1.82. The van der Waals surface area contributed by atoms with Crippen LogP contribution in [0.15, 0.2) is 48.7 Å². The molecule has 134 valence electrons. The Morgan fingerprint density at radius 1 is 1.12 bits per heavy atom. The maximum atomic E-state index is 12.0. The first kappa shape index (κ1) is 16.8. The molecule has 1 aliphatic carbocycles. The maximum Gasteiger partial charge on any atom is 0.339 e. The third-order valence-corrected chi connectivity index (χ3v) is 5.38. The van der Waals surface area contributed by atoms with E-state index in [-0.39, 0.29) is 5.97 Å². The molecule has 0 radical (unpaired) electrons. The number of carbonyl (C=O) groups excluding carboxylic acids is 1. The molecule has 0 spiro atoms. The molecule has 0 amide bonds. The van der Waals surface area contributed by atoms with E-state index in [4.69, 9.17) is 9.72 Å². The predicted molar refractivity (Wildman–Crippen MR) is 102 cm³/mol. The molecule has 0 N–H and O–H groups in total. The molecule has 4 rings (SSSR count). The summed E-state index contributed by atoms with van der Waals surface area (Å²) in [6.07, 6.45) is 8.97. The van der Waals surface area contributed by atoms with Gasteiger partial charge in [-0.25, -0.2) is 9.78 Å². The van der Waals surface area contributed by atoms with E-state index < -0.39 is 0 Å². The number of esters is 1. The van der Waals surface area contributed by atoms with E-state index in [1.807, 2.05) is 18.3 Å². The highest BCUT2D eigenvalue weighted by Gasteiger charge is 2.24. The van der Waals surface area contributed by atoms with Crippen LogP contribution in [0.2, 0.25) is 0 Å². The fourth-order valence-electron chi connectivity index (χ4n) is 4.02. The van der Waals surface area contributed by atoms with Gasteiger partial charge in [0.15, 0.2) is 0 Å². The minimum Gasteiger partial charge on any atom is -0.465 e. The molecule has 3 aromatic rings. The molecule has 0 saturated heterocycles. The second-order valence-electron chi connectivity index (χ2n) is 7.08. The molecule has 0 atom stereocenters. The summed E-state index contributed by atoms with van der Waals surface area (Å²) < 4.78 is 6.98. The van der Waals surface area contributed by atoms with Crippen molar-refractivity contribution in [2.24, 2.45) is 0 Å². The highest BCUT2D eigenvalue weighted by molar-refractivity contribution is 5.89. The van der Waals surface area contributed by atoms with E-state index in [2.05, 4.69) is 28.7 Å². The van der Waals surface area contributed by atoms with Gasteiger partial charge in [0.2, 0.25) is 0 Å². The number of ether oxygens (including phenoxy) is 1. The van der Waals surface area contributed by atoms with Gasteiger partial charge in [0, 0.05) is 18.5 Å². The first-order chi connectivity index (χ1) is 12.8. The number of nitrogens with zero attached hydrogens (tertiary/aromatic N) is 2. The first-order valence-electron chi connectivity index (χ1n) is 9.39. The average Bonchev–Trinajstić information content (AvgIpc) is 3.06. The van der Waals surface area contributed by atoms with Crippen LogP contribution in [0.25, 0.3) is 5.65 Å². The lowest BCUT2D eigenvalue weighted by Crippen LogP contribution is -2.09. The second kappa shape index (κ2) is 7.32. The Bertz CT molecular complexity index is 909. The number of aromatic nitrogens is 2. The highest BCUT2D eigenvalue weighted by atomic mass is 16.5. The van der Waals surface area contributed by atoms with Gasteiger partial charge < -0.3 is 9.14 Å². The molecule has 2 aromatic heterocycles. The van der Waals surface area contributed by atoms with Crippen LogP contribution >= 0.6 is 0 Å². The summed E-state index contributed by atoms with van der Waals surface area (Å²) in [4.78, 5) is 16.9. The number of carbonyl (C=O) groups is 1. The quantitative estimate of drug-likeness (QED) is 0.639. The van der Waals surface area contributed by atoms with Crippen LogP contribution in [0.1, 0.15) is 65.3 Å². The van der Waals surface area contributed by atoms with Crippen LogP contribution in [0.5, 0.6) is 0 Å². The van der Waals surface area contributed by atoms with Crippen molar-refractivity contribution >= 4 is 11.6 Å². The van der Waals surface area contributed by atoms with Crippen molar-refractivity contribution in [2.45, 2.75) is 44.4 Å².